The zero-order valence-corrected chi connectivity index (χ0v) is 12.1. The summed E-state index contributed by atoms with van der Waals surface area (Å²) in [6, 6.07) is 7.51. The maximum absolute atomic E-state index is 12.1. The summed E-state index contributed by atoms with van der Waals surface area (Å²) >= 11 is 0. The monoisotopic (exact) mass is 276 g/mol. The number of benzene rings is 1. The van der Waals surface area contributed by atoms with Gasteiger partial charge in [0.05, 0.1) is 6.61 Å². The standard InChI is InChI=1S/C16H24N2O2/c1-2-3-11-20-13-9-7-12(8-10-13)16(19)18-15-6-4-5-14(15)17/h7-10,14-15H,2-6,11,17H2,1H3,(H,18,19). The van der Waals surface area contributed by atoms with Gasteiger partial charge in [-0.2, -0.15) is 0 Å². The van der Waals surface area contributed by atoms with Crippen LogP contribution in [0.2, 0.25) is 0 Å². The van der Waals surface area contributed by atoms with Gasteiger partial charge < -0.3 is 15.8 Å². The van der Waals surface area contributed by atoms with E-state index in [4.69, 9.17) is 10.5 Å². The predicted molar refractivity (Wildman–Crippen MR) is 79.9 cm³/mol. The van der Waals surface area contributed by atoms with Crippen molar-refractivity contribution in [3.8, 4) is 5.75 Å². The van der Waals surface area contributed by atoms with E-state index in [0.29, 0.717) is 5.56 Å². The number of rotatable bonds is 6. The predicted octanol–water partition coefficient (Wildman–Crippen LogP) is 2.48. The molecule has 0 radical (unpaired) electrons. The van der Waals surface area contributed by atoms with Crippen LogP contribution in [0.3, 0.4) is 0 Å². The Morgan fingerprint density at radius 1 is 1.35 bits per heavy atom. The van der Waals surface area contributed by atoms with Gasteiger partial charge in [0.25, 0.3) is 5.91 Å². The van der Waals surface area contributed by atoms with Crippen LogP contribution >= 0.6 is 0 Å². The van der Waals surface area contributed by atoms with Crippen molar-refractivity contribution in [2.45, 2.75) is 51.1 Å². The minimum Gasteiger partial charge on any atom is -0.494 e. The van der Waals surface area contributed by atoms with Crippen molar-refractivity contribution in [1.82, 2.24) is 5.32 Å². The number of ether oxygens (including phenoxy) is 1. The van der Waals surface area contributed by atoms with Crippen molar-refractivity contribution < 1.29 is 9.53 Å². The summed E-state index contributed by atoms with van der Waals surface area (Å²) in [6.45, 7) is 2.85. The first-order chi connectivity index (χ1) is 9.70. The van der Waals surface area contributed by atoms with E-state index in [1.165, 1.54) is 0 Å². The Bertz CT molecular complexity index is 431. The van der Waals surface area contributed by atoms with Crippen molar-refractivity contribution in [1.29, 1.82) is 0 Å². The van der Waals surface area contributed by atoms with E-state index in [9.17, 15) is 4.79 Å². The second-order valence-electron chi connectivity index (χ2n) is 5.40. The van der Waals surface area contributed by atoms with Gasteiger partial charge in [-0.25, -0.2) is 0 Å². The average Bonchev–Trinajstić information content (AvgIpc) is 2.85. The lowest BCUT2D eigenvalue weighted by Crippen LogP contribution is -2.43. The Kier molecular flexibility index (Phi) is 5.41. The minimum atomic E-state index is -0.0486. The van der Waals surface area contributed by atoms with Crippen molar-refractivity contribution in [2.24, 2.45) is 5.73 Å². The van der Waals surface area contributed by atoms with Crippen LogP contribution < -0.4 is 15.8 Å². The molecule has 2 unspecified atom stereocenters. The molecule has 1 aliphatic rings. The van der Waals surface area contributed by atoms with Crippen LogP contribution in [0.1, 0.15) is 49.4 Å². The molecule has 110 valence electrons. The van der Waals surface area contributed by atoms with Crippen LogP contribution in [0.15, 0.2) is 24.3 Å². The molecule has 1 fully saturated rings. The molecule has 1 amide bonds. The quantitative estimate of drug-likeness (QED) is 0.785. The van der Waals surface area contributed by atoms with Crippen molar-refractivity contribution in [3.63, 3.8) is 0 Å². The molecule has 3 N–H and O–H groups in total. The number of hydrogen-bond acceptors (Lipinski definition) is 3. The van der Waals surface area contributed by atoms with E-state index in [0.717, 1.165) is 44.5 Å². The van der Waals surface area contributed by atoms with Crippen LogP contribution in [0, 0.1) is 0 Å². The molecule has 20 heavy (non-hydrogen) atoms. The van der Waals surface area contributed by atoms with Gasteiger partial charge in [0.15, 0.2) is 0 Å². The largest absolute Gasteiger partial charge is 0.494 e. The third kappa shape index (κ3) is 3.97. The van der Waals surface area contributed by atoms with Gasteiger partial charge in [0, 0.05) is 17.6 Å². The summed E-state index contributed by atoms with van der Waals surface area (Å²) in [4.78, 5) is 12.1. The van der Waals surface area contributed by atoms with E-state index in [2.05, 4.69) is 12.2 Å². The van der Waals surface area contributed by atoms with Gasteiger partial charge in [-0.3, -0.25) is 4.79 Å². The van der Waals surface area contributed by atoms with Gasteiger partial charge >= 0.3 is 0 Å². The van der Waals surface area contributed by atoms with E-state index in [1.54, 1.807) is 12.1 Å². The molecular formula is C16H24N2O2. The van der Waals surface area contributed by atoms with Gasteiger partial charge in [-0.05, 0) is 49.9 Å². The number of hydrogen-bond donors (Lipinski definition) is 2. The number of carbonyl (C=O) groups is 1. The summed E-state index contributed by atoms with van der Waals surface area (Å²) < 4.78 is 5.58. The Morgan fingerprint density at radius 2 is 2.10 bits per heavy atom. The summed E-state index contributed by atoms with van der Waals surface area (Å²) in [6.07, 6.45) is 5.22. The maximum atomic E-state index is 12.1. The fourth-order valence-electron chi connectivity index (χ4n) is 2.46. The van der Waals surface area contributed by atoms with Crippen LogP contribution in [-0.4, -0.2) is 24.6 Å². The molecule has 4 heteroatoms. The SMILES string of the molecule is CCCCOc1ccc(C(=O)NC2CCCC2N)cc1. The van der Waals surface area contributed by atoms with E-state index in [-0.39, 0.29) is 18.0 Å². The van der Waals surface area contributed by atoms with E-state index >= 15 is 0 Å². The zero-order valence-electron chi connectivity index (χ0n) is 12.1. The zero-order chi connectivity index (χ0) is 14.4. The number of nitrogens with two attached hydrogens (primary N) is 1. The topological polar surface area (TPSA) is 64.3 Å². The van der Waals surface area contributed by atoms with Crippen molar-refractivity contribution >= 4 is 5.91 Å². The van der Waals surface area contributed by atoms with Crippen LogP contribution in [0.25, 0.3) is 0 Å². The summed E-state index contributed by atoms with van der Waals surface area (Å²) in [5.74, 6) is 0.764. The molecule has 0 saturated heterocycles. The van der Waals surface area contributed by atoms with Crippen LogP contribution in [0.4, 0.5) is 0 Å². The molecule has 1 aromatic carbocycles. The Labute approximate surface area is 120 Å². The lowest BCUT2D eigenvalue weighted by Gasteiger charge is -2.17. The first-order valence-electron chi connectivity index (χ1n) is 7.50. The average molecular weight is 276 g/mol. The van der Waals surface area contributed by atoms with Crippen molar-refractivity contribution in [2.75, 3.05) is 6.61 Å². The van der Waals surface area contributed by atoms with Gasteiger partial charge in [0.1, 0.15) is 5.75 Å². The summed E-state index contributed by atoms with van der Waals surface area (Å²) in [5.41, 5.74) is 6.62. The molecule has 0 bridgehead atoms. The summed E-state index contributed by atoms with van der Waals surface area (Å²) in [5, 5.41) is 3.01. The second-order valence-corrected chi connectivity index (χ2v) is 5.40. The maximum Gasteiger partial charge on any atom is 0.251 e. The molecule has 0 aliphatic heterocycles. The van der Waals surface area contributed by atoms with Gasteiger partial charge in [-0.1, -0.05) is 13.3 Å². The van der Waals surface area contributed by atoms with E-state index in [1.807, 2.05) is 12.1 Å². The molecule has 4 nitrogen and oxygen atoms in total. The highest BCUT2D eigenvalue weighted by Gasteiger charge is 2.25. The highest BCUT2D eigenvalue weighted by atomic mass is 16.5. The first kappa shape index (κ1) is 14.9. The second kappa shape index (κ2) is 7.29. The number of carbonyl (C=O) groups excluding carboxylic acids is 1. The molecule has 1 aliphatic carbocycles. The Morgan fingerprint density at radius 3 is 2.70 bits per heavy atom. The van der Waals surface area contributed by atoms with Crippen molar-refractivity contribution in [3.05, 3.63) is 29.8 Å². The minimum absolute atomic E-state index is 0.0486. The summed E-state index contributed by atoms with van der Waals surface area (Å²) in [7, 11) is 0. The smallest absolute Gasteiger partial charge is 0.251 e. The normalized spacial score (nSPS) is 21.7. The van der Waals surface area contributed by atoms with Gasteiger partial charge in [0.2, 0.25) is 0 Å². The molecule has 1 saturated carbocycles. The highest BCUT2D eigenvalue weighted by molar-refractivity contribution is 5.94. The lowest BCUT2D eigenvalue weighted by atomic mass is 10.1. The Hall–Kier alpha value is -1.55. The Balaban J connectivity index is 1.87. The van der Waals surface area contributed by atoms with E-state index < -0.39 is 0 Å². The molecule has 1 aromatic rings. The third-order valence-corrected chi connectivity index (χ3v) is 3.77. The first-order valence-corrected chi connectivity index (χ1v) is 7.50. The van der Waals surface area contributed by atoms with Crippen LogP contribution in [-0.2, 0) is 0 Å². The molecule has 0 aromatic heterocycles. The molecular weight excluding hydrogens is 252 g/mol. The van der Waals surface area contributed by atoms with Gasteiger partial charge in [-0.15, -0.1) is 0 Å². The lowest BCUT2D eigenvalue weighted by molar-refractivity contribution is 0.0934. The molecule has 2 rings (SSSR count). The highest BCUT2D eigenvalue weighted by Crippen LogP contribution is 2.18. The molecule has 2 atom stereocenters. The number of unbranched alkanes of at least 4 members (excludes halogenated alkanes) is 1. The number of amides is 1. The fraction of sp³-hybridized carbons (Fsp3) is 0.562. The van der Waals surface area contributed by atoms with Crippen LogP contribution in [0.5, 0.6) is 5.75 Å². The number of nitrogens with one attached hydrogen (secondary N) is 1. The third-order valence-electron chi connectivity index (χ3n) is 3.77. The fourth-order valence-corrected chi connectivity index (χ4v) is 2.46. The molecule has 0 heterocycles. The molecule has 0 spiro atoms.